The van der Waals surface area contributed by atoms with E-state index in [9.17, 15) is 0 Å². The summed E-state index contributed by atoms with van der Waals surface area (Å²) in [6, 6.07) is 1.95. The minimum Gasteiger partial charge on any atom is -0.357 e. The van der Waals surface area contributed by atoms with E-state index >= 15 is 0 Å². The van der Waals surface area contributed by atoms with Crippen molar-refractivity contribution in [2.75, 3.05) is 19.6 Å². The van der Waals surface area contributed by atoms with Gasteiger partial charge in [-0.3, -0.25) is 9.67 Å². The number of hydrogen-bond donors (Lipinski definition) is 2. The molecule has 0 aliphatic heterocycles. The molecule has 5 heteroatoms. The van der Waals surface area contributed by atoms with Crippen LogP contribution in [0.15, 0.2) is 23.5 Å². The summed E-state index contributed by atoms with van der Waals surface area (Å²) in [5.74, 6) is 1.39. The Morgan fingerprint density at radius 3 is 2.84 bits per heavy atom. The second-order valence-corrected chi connectivity index (χ2v) is 4.83. The van der Waals surface area contributed by atoms with Crippen LogP contribution in [0, 0.1) is 5.92 Å². The predicted octanol–water partition coefficient (Wildman–Crippen LogP) is 1.87. The predicted molar refractivity (Wildman–Crippen MR) is 80.3 cm³/mol. The zero-order chi connectivity index (χ0) is 13.9. The molecule has 1 unspecified atom stereocenters. The van der Waals surface area contributed by atoms with Gasteiger partial charge in [-0.05, 0) is 25.3 Å². The van der Waals surface area contributed by atoms with Gasteiger partial charge >= 0.3 is 0 Å². The molecule has 19 heavy (non-hydrogen) atoms. The van der Waals surface area contributed by atoms with E-state index in [0.717, 1.165) is 32.1 Å². The Bertz CT molecular complexity index is 345. The number of nitrogens with one attached hydrogen (secondary N) is 2. The molecule has 0 radical (unpaired) electrons. The fourth-order valence-corrected chi connectivity index (χ4v) is 1.76. The van der Waals surface area contributed by atoms with Crippen molar-refractivity contribution in [2.45, 2.75) is 40.2 Å². The van der Waals surface area contributed by atoms with Crippen molar-refractivity contribution in [2.24, 2.45) is 10.9 Å². The summed E-state index contributed by atoms with van der Waals surface area (Å²) >= 11 is 0. The van der Waals surface area contributed by atoms with Crippen molar-refractivity contribution < 1.29 is 0 Å². The molecule has 2 N–H and O–H groups in total. The molecule has 1 aromatic heterocycles. The first-order valence-electron chi connectivity index (χ1n) is 7.25. The Labute approximate surface area is 116 Å². The average Bonchev–Trinajstić information content (AvgIpc) is 2.89. The number of aromatic nitrogens is 2. The van der Waals surface area contributed by atoms with Crippen molar-refractivity contribution in [3.63, 3.8) is 0 Å². The van der Waals surface area contributed by atoms with Crippen molar-refractivity contribution in [3.05, 3.63) is 18.5 Å². The fraction of sp³-hybridized carbons (Fsp3) is 0.714. The van der Waals surface area contributed by atoms with Gasteiger partial charge in [0, 0.05) is 38.6 Å². The lowest BCUT2D eigenvalue weighted by atomic mass is 10.2. The van der Waals surface area contributed by atoms with Gasteiger partial charge in [0.2, 0.25) is 0 Å². The summed E-state index contributed by atoms with van der Waals surface area (Å²) in [7, 11) is 0. The van der Waals surface area contributed by atoms with Crippen LogP contribution >= 0.6 is 0 Å². The molecule has 5 nitrogen and oxygen atoms in total. The third-order valence-corrected chi connectivity index (χ3v) is 2.79. The fourth-order valence-electron chi connectivity index (χ4n) is 1.76. The highest BCUT2D eigenvalue weighted by molar-refractivity contribution is 5.79. The van der Waals surface area contributed by atoms with Gasteiger partial charge in [0.05, 0.1) is 0 Å². The standard InChI is InChI=1S/C14H27N5/c1-4-6-8-16-14(15-5-2)17-11-13(3)12-19-10-7-9-18-19/h7,9-10,13H,4-6,8,11-12H2,1-3H3,(H2,15,16,17). The maximum Gasteiger partial charge on any atom is 0.191 e. The van der Waals surface area contributed by atoms with Crippen molar-refractivity contribution in [3.8, 4) is 0 Å². The van der Waals surface area contributed by atoms with Gasteiger partial charge in [0.1, 0.15) is 0 Å². The molecular weight excluding hydrogens is 238 g/mol. The second-order valence-electron chi connectivity index (χ2n) is 4.83. The zero-order valence-electron chi connectivity index (χ0n) is 12.4. The SMILES string of the molecule is CCCCNC(=NCC(C)Cn1cccn1)NCC. The van der Waals surface area contributed by atoms with Gasteiger partial charge in [-0.25, -0.2) is 0 Å². The molecule has 0 saturated carbocycles. The molecule has 0 bridgehead atoms. The smallest absolute Gasteiger partial charge is 0.191 e. The van der Waals surface area contributed by atoms with Gasteiger partial charge in [0.15, 0.2) is 5.96 Å². The van der Waals surface area contributed by atoms with Crippen LogP contribution in [0.4, 0.5) is 0 Å². The first kappa shape index (κ1) is 15.5. The highest BCUT2D eigenvalue weighted by Crippen LogP contribution is 2.00. The topological polar surface area (TPSA) is 54.2 Å². The molecule has 1 aromatic rings. The molecule has 1 rings (SSSR count). The van der Waals surface area contributed by atoms with Crippen molar-refractivity contribution in [1.29, 1.82) is 0 Å². The molecular formula is C14H27N5. The van der Waals surface area contributed by atoms with Crippen LogP contribution in [0.5, 0.6) is 0 Å². The van der Waals surface area contributed by atoms with E-state index in [4.69, 9.17) is 0 Å². The van der Waals surface area contributed by atoms with Crippen LogP contribution in [0.25, 0.3) is 0 Å². The van der Waals surface area contributed by atoms with E-state index in [1.54, 1.807) is 0 Å². The van der Waals surface area contributed by atoms with E-state index in [1.165, 1.54) is 12.8 Å². The summed E-state index contributed by atoms with van der Waals surface area (Å²) in [6.45, 7) is 10.1. The maximum atomic E-state index is 4.62. The largest absolute Gasteiger partial charge is 0.357 e. The van der Waals surface area contributed by atoms with E-state index < -0.39 is 0 Å². The minimum atomic E-state index is 0.474. The first-order valence-corrected chi connectivity index (χ1v) is 7.25. The van der Waals surface area contributed by atoms with E-state index in [1.807, 2.05) is 23.1 Å². The van der Waals surface area contributed by atoms with Gasteiger partial charge in [-0.2, -0.15) is 5.10 Å². The number of rotatable bonds is 8. The summed E-state index contributed by atoms with van der Waals surface area (Å²) in [5.41, 5.74) is 0. The number of guanidine groups is 1. The van der Waals surface area contributed by atoms with Crippen LogP contribution in [0.1, 0.15) is 33.6 Å². The summed E-state index contributed by atoms with van der Waals surface area (Å²) in [5, 5.41) is 10.8. The molecule has 108 valence electrons. The van der Waals surface area contributed by atoms with Crippen LogP contribution in [0.2, 0.25) is 0 Å². The van der Waals surface area contributed by atoms with Crippen LogP contribution in [0.3, 0.4) is 0 Å². The normalized spacial score (nSPS) is 13.3. The molecule has 0 spiro atoms. The average molecular weight is 265 g/mol. The molecule has 0 aliphatic carbocycles. The van der Waals surface area contributed by atoms with Gasteiger partial charge in [0.25, 0.3) is 0 Å². The lowest BCUT2D eigenvalue weighted by Gasteiger charge is -2.13. The summed E-state index contributed by atoms with van der Waals surface area (Å²) < 4.78 is 1.96. The Balaban J connectivity index is 2.35. The molecule has 0 amide bonds. The minimum absolute atomic E-state index is 0.474. The quantitative estimate of drug-likeness (QED) is 0.429. The molecule has 0 fully saturated rings. The number of aliphatic imine (C=N–C) groups is 1. The van der Waals surface area contributed by atoms with Gasteiger partial charge in [-0.1, -0.05) is 20.3 Å². The molecule has 1 atom stereocenters. The Morgan fingerprint density at radius 1 is 1.37 bits per heavy atom. The first-order chi connectivity index (χ1) is 9.26. The number of hydrogen-bond acceptors (Lipinski definition) is 2. The van der Waals surface area contributed by atoms with Crippen LogP contribution in [-0.2, 0) is 6.54 Å². The van der Waals surface area contributed by atoms with E-state index in [2.05, 4.69) is 41.5 Å². The lowest BCUT2D eigenvalue weighted by molar-refractivity contribution is 0.458. The van der Waals surface area contributed by atoms with Gasteiger partial charge in [-0.15, -0.1) is 0 Å². The highest BCUT2D eigenvalue weighted by atomic mass is 15.3. The number of nitrogens with zero attached hydrogens (tertiary/aromatic N) is 3. The third-order valence-electron chi connectivity index (χ3n) is 2.79. The second kappa shape index (κ2) is 9.42. The Kier molecular flexibility index (Phi) is 7.70. The molecule has 0 saturated heterocycles. The third kappa shape index (κ3) is 6.84. The summed E-state index contributed by atoms with van der Waals surface area (Å²) in [4.78, 5) is 4.62. The molecule has 1 heterocycles. The molecule has 0 aliphatic rings. The van der Waals surface area contributed by atoms with E-state index in [0.29, 0.717) is 5.92 Å². The lowest BCUT2D eigenvalue weighted by Crippen LogP contribution is -2.38. The highest BCUT2D eigenvalue weighted by Gasteiger charge is 2.03. The number of unbranched alkanes of at least 4 members (excludes halogenated alkanes) is 1. The van der Waals surface area contributed by atoms with E-state index in [-0.39, 0.29) is 0 Å². The molecule has 0 aromatic carbocycles. The van der Waals surface area contributed by atoms with Crippen LogP contribution in [-0.4, -0.2) is 35.4 Å². The van der Waals surface area contributed by atoms with Crippen molar-refractivity contribution >= 4 is 5.96 Å². The zero-order valence-corrected chi connectivity index (χ0v) is 12.4. The Hall–Kier alpha value is -1.52. The van der Waals surface area contributed by atoms with Crippen molar-refractivity contribution in [1.82, 2.24) is 20.4 Å². The monoisotopic (exact) mass is 265 g/mol. The summed E-state index contributed by atoms with van der Waals surface area (Å²) in [6.07, 6.45) is 6.17. The Morgan fingerprint density at radius 2 is 2.21 bits per heavy atom. The maximum absolute atomic E-state index is 4.62. The van der Waals surface area contributed by atoms with Gasteiger partial charge < -0.3 is 10.6 Å². The van der Waals surface area contributed by atoms with Crippen LogP contribution < -0.4 is 10.6 Å².